The molecule has 1 aliphatic heterocycles. The summed E-state index contributed by atoms with van der Waals surface area (Å²) in [5.74, 6) is 1.83. The van der Waals surface area contributed by atoms with Crippen molar-refractivity contribution in [3.63, 3.8) is 0 Å². The van der Waals surface area contributed by atoms with E-state index >= 15 is 0 Å². The Kier molecular flexibility index (Phi) is 5.89. The number of hydrogen-bond donors (Lipinski definition) is 4. The van der Waals surface area contributed by atoms with Gasteiger partial charge in [-0.05, 0) is 57.5 Å². The molecule has 0 saturated carbocycles. The molecular formula is C21H29N7O2. The van der Waals surface area contributed by atoms with Crippen molar-refractivity contribution < 1.29 is 4.74 Å². The van der Waals surface area contributed by atoms with Gasteiger partial charge < -0.3 is 25.7 Å². The molecule has 2 aromatic heterocycles. The largest absolute Gasteiger partial charge is 0.496 e. The lowest BCUT2D eigenvalue weighted by molar-refractivity contribution is 0.408. The first-order valence-electron chi connectivity index (χ1n) is 10.4. The van der Waals surface area contributed by atoms with Gasteiger partial charge in [0, 0.05) is 23.8 Å². The highest BCUT2D eigenvalue weighted by Crippen LogP contribution is 2.24. The maximum atomic E-state index is 12.6. The average Bonchev–Trinajstić information content (AvgIpc) is 3.34. The number of nitrogens with zero attached hydrogens (tertiary/aromatic N) is 3. The Bertz CT molecular complexity index is 1070. The van der Waals surface area contributed by atoms with Crippen LogP contribution in [0.1, 0.15) is 25.8 Å². The molecule has 0 radical (unpaired) electrons. The zero-order valence-electron chi connectivity index (χ0n) is 17.7. The molecule has 1 saturated heterocycles. The first-order valence-corrected chi connectivity index (χ1v) is 10.4. The Balaban J connectivity index is 1.62. The van der Waals surface area contributed by atoms with Gasteiger partial charge in [0.15, 0.2) is 5.65 Å². The van der Waals surface area contributed by atoms with Crippen molar-refractivity contribution in [1.82, 2.24) is 24.8 Å². The standard InChI is InChI=1S/C21H29N7O2/c1-13(2)25-16-4-5-18(30-3)15(8-16)12-28-19-17(26-21(28)29)11-24-20(27-19)23-10-14-6-7-22-9-14/h4-5,8,11,13-14,22,25H,6-7,9-10,12H2,1-3H3,(H,26,29)(H,23,24,27)/t14-/m1/s1. The van der Waals surface area contributed by atoms with Gasteiger partial charge >= 0.3 is 5.69 Å². The van der Waals surface area contributed by atoms with Crippen LogP contribution in [0.3, 0.4) is 0 Å². The summed E-state index contributed by atoms with van der Waals surface area (Å²) in [6.45, 7) is 7.38. The zero-order valence-corrected chi connectivity index (χ0v) is 17.7. The van der Waals surface area contributed by atoms with Crippen molar-refractivity contribution in [3.8, 4) is 5.75 Å². The van der Waals surface area contributed by atoms with E-state index in [-0.39, 0.29) is 5.69 Å². The second-order valence-electron chi connectivity index (χ2n) is 8.01. The number of hydrogen-bond acceptors (Lipinski definition) is 7. The van der Waals surface area contributed by atoms with Gasteiger partial charge in [-0.25, -0.2) is 9.78 Å². The highest BCUT2D eigenvalue weighted by Gasteiger charge is 2.16. The van der Waals surface area contributed by atoms with E-state index in [2.05, 4.69) is 44.7 Å². The lowest BCUT2D eigenvalue weighted by Gasteiger charge is -2.15. The number of imidazole rings is 1. The van der Waals surface area contributed by atoms with E-state index in [0.29, 0.717) is 35.6 Å². The smallest absolute Gasteiger partial charge is 0.328 e. The lowest BCUT2D eigenvalue weighted by atomic mass is 10.1. The predicted molar refractivity (Wildman–Crippen MR) is 118 cm³/mol. The molecule has 0 bridgehead atoms. The number of aromatic nitrogens is 4. The Morgan fingerprint density at radius 2 is 2.23 bits per heavy atom. The third kappa shape index (κ3) is 4.40. The van der Waals surface area contributed by atoms with E-state index in [0.717, 1.165) is 43.1 Å². The normalized spacial score (nSPS) is 16.3. The minimum absolute atomic E-state index is 0.222. The molecule has 0 spiro atoms. The molecule has 1 aliphatic rings. The van der Waals surface area contributed by atoms with Crippen molar-refractivity contribution in [3.05, 3.63) is 40.4 Å². The molecule has 0 unspecified atom stereocenters. The molecule has 9 heteroatoms. The second kappa shape index (κ2) is 8.74. The number of nitrogens with one attached hydrogen (secondary N) is 4. The van der Waals surface area contributed by atoms with Crippen LogP contribution in [0.5, 0.6) is 5.75 Å². The first-order chi connectivity index (χ1) is 14.5. The summed E-state index contributed by atoms with van der Waals surface area (Å²) in [7, 11) is 1.63. The summed E-state index contributed by atoms with van der Waals surface area (Å²) in [6.07, 6.45) is 2.80. The fraction of sp³-hybridized carbons (Fsp3) is 0.476. The van der Waals surface area contributed by atoms with Crippen molar-refractivity contribution in [2.45, 2.75) is 32.9 Å². The molecule has 1 aromatic carbocycles. The minimum Gasteiger partial charge on any atom is -0.496 e. The summed E-state index contributed by atoms with van der Waals surface area (Å²) >= 11 is 0. The van der Waals surface area contributed by atoms with Crippen LogP contribution < -0.4 is 26.4 Å². The topological polar surface area (TPSA) is 109 Å². The van der Waals surface area contributed by atoms with Crippen LogP contribution in [0, 0.1) is 5.92 Å². The number of H-pyrrole nitrogens is 1. The van der Waals surface area contributed by atoms with E-state index in [4.69, 9.17) is 4.74 Å². The van der Waals surface area contributed by atoms with Crippen LogP contribution in [-0.4, -0.2) is 52.3 Å². The molecule has 4 rings (SSSR count). The molecule has 1 fully saturated rings. The third-order valence-corrected chi connectivity index (χ3v) is 5.29. The fourth-order valence-corrected chi connectivity index (χ4v) is 3.80. The summed E-state index contributed by atoms with van der Waals surface area (Å²) < 4.78 is 7.14. The molecule has 160 valence electrons. The number of fused-ring (bicyclic) bond motifs is 1. The fourth-order valence-electron chi connectivity index (χ4n) is 3.80. The van der Waals surface area contributed by atoms with Crippen LogP contribution in [0.15, 0.2) is 29.2 Å². The third-order valence-electron chi connectivity index (χ3n) is 5.29. The number of rotatable bonds is 8. The molecule has 1 atom stereocenters. The van der Waals surface area contributed by atoms with E-state index in [1.165, 1.54) is 0 Å². The SMILES string of the molecule is COc1ccc(NC(C)C)cc1Cn1c(=O)[nH]c2cnc(NC[C@@H]3CCNC3)nc21. The Morgan fingerprint density at radius 3 is 2.97 bits per heavy atom. The molecule has 0 aliphatic carbocycles. The predicted octanol–water partition coefficient (Wildman–Crippen LogP) is 2.02. The number of methoxy groups -OCH3 is 1. The van der Waals surface area contributed by atoms with Gasteiger partial charge in [-0.1, -0.05) is 0 Å². The van der Waals surface area contributed by atoms with Gasteiger partial charge in [-0.3, -0.25) is 4.57 Å². The zero-order chi connectivity index (χ0) is 21.1. The van der Waals surface area contributed by atoms with Gasteiger partial charge in [-0.2, -0.15) is 4.98 Å². The molecule has 3 aromatic rings. The molecule has 4 N–H and O–H groups in total. The van der Waals surface area contributed by atoms with Crippen LogP contribution in [-0.2, 0) is 6.54 Å². The Labute approximate surface area is 175 Å². The van der Waals surface area contributed by atoms with Crippen molar-refractivity contribution in [2.24, 2.45) is 5.92 Å². The number of anilines is 2. The number of ether oxygens (including phenoxy) is 1. The number of aromatic amines is 1. The Hall–Kier alpha value is -3.07. The maximum absolute atomic E-state index is 12.6. The monoisotopic (exact) mass is 411 g/mol. The van der Waals surface area contributed by atoms with Crippen molar-refractivity contribution >= 4 is 22.8 Å². The molecule has 30 heavy (non-hydrogen) atoms. The summed E-state index contributed by atoms with van der Waals surface area (Å²) in [6, 6.07) is 6.20. The maximum Gasteiger partial charge on any atom is 0.328 e. The minimum atomic E-state index is -0.222. The summed E-state index contributed by atoms with van der Waals surface area (Å²) in [5.41, 5.74) is 2.85. The van der Waals surface area contributed by atoms with Gasteiger partial charge in [0.2, 0.25) is 5.95 Å². The molecule has 9 nitrogen and oxygen atoms in total. The van der Waals surface area contributed by atoms with Crippen LogP contribution >= 0.6 is 0 Å². The van der Waals surface area contributed by atoms with Gasteiger partial charge in [0.25, 0.3) is 0 Å². The summed E-state index contributed by atoms with van der Waals surface area (Å²) in [4.78, 5) is 24.4. The average molecular weight is 412 g/mol. The van der Waals surface area contributed by atoms with E-state index < -0.39 is 0 Å². The quantitative estimate of drug-likeness (QED) is 0.449. The molecule has 0 amide bonds. The van der Waals surface area contributed by atoms with E-state index in [1.54, 1.807) is 17.9 Å². The lowest BCUT2D eigenvalue weighted by Crippen LogP contribution is -2.20. The van der Waals surface area contributed by atoms with Crippen molar-refractivity contribution in [1.29, 1.82) is 0 Å². The van der Waals surface area contributed by atoms with Crippen LogP contribution in [0.25, 0.3) is 11.2 Å². The van der Waals surface area contributed by atoms with E-state index in [1.807, 2.05) is 18.2 Å². The highest BCUT2D eigenvalue weighted by atomic mass is 16.5. The van der Waals surface area contributed by atoms with Gasteiger partial charge in [0.1, 0.15) is 11.3 Å². The first kappa shape index (κ1) is 20.2. The van der Waals surface area contributed by atoms with Crippen molar-refractivity contribution in [2.75, 3.05) is 37.4 Å². The van der Waals surface area contributed by atoms with E-state index in [9.17, 15) is 4.79 Å². The Morgan fingerprint density at radius 1 is 1.37 bits per heavy atom. The number of benzene rings is 1. The molecule has 3 heterocycles. The van der Waals surface area contributed by atoms with Crippen LogP contribution in [0.4, 0.5) is 11.6 Å². The molecular weight excluding hydrogens is 382 g/mol. The summed E-state index contributed by atoms with van der Waals surface area (Å²) in [5, 5.41) is 10.1. The highest BCUT2D eigenvalue weighted by molar-refractivity contribution is 5.71. The second-order valence-corrected chi connectivity index (χ2v) is 8.01. The van der Waals surface area contributed by atoms with Gasteiger partial charge in [-0.15, -0.1) is 0 Å². The van der Waals surface area contributed by atoms with Crippen LogP contribution in [0.2, 0.25) is 0 Å². The van der Waals surface area contributed by atoms with Gasteiger partial charge in [0.05, 0.1) is 19.9 Å².